The number of fused-ring (bicyclic) bond motifs is 2. The summed E-state index contributed by atoms with van der Waals surface area (Å²) in [4.78, 5) is 26.7. The van der Waals surface area contributed by atoms with Crippen molar-refractivity contribution < 1.29 is 30.0 Å². The minimum absolute atomic E-state index is 0.499. The number of hydrogen-bond acceptors (Lipinski definition) is 9. The first-order valence-electron chi connectivity index (χ1n) is 9.21. The fourth-order valence-corrected chi connectivity index (χ4v) is 3.76. The molecule has 9 heteroatoms. The van der Waals surface area contributed by atoms with Crippen LogP contribution in [0, 0.1) is 0 Å². The Morgan fingerprint density at radius 3 is 1.70 bits per heavy atom. The van der Waals surface area contributed by atoms with E-state index in [0.29, 0.717) is 6.04 Å². The summed E-state index contributed by atoms with van der Waals surface area (Å²) in [6.45, 7) is 3.27. The molecule has 0 radical (unpaired) electrons. The third-order valence-corrected chi connectivity index (χ3v) is 5.77. The highest BCUT2D eigenvalue weighted by molar-refractivity contribution is 7.99. The number of aliphatic hydroxyl groups excluding tert-OH is 2. The molecule has 0 saturated heterocycles. The van der Waals surface area contributed by atoms with Gasteiger partial charge in [0.1, 0.15) is 12.2 Å². The van der Waals surface area contributed by atoms with Gasteiger partial charge in [-0.2, -0.15) is 0 Å². The van der Waals surface area contributed by atoms with Gasteiger partial charge in [-0.05, 0) is 45.3 Å². The number of hydrogen-bond donors (Lipinski definition) is 2. The molecular formula is C21H24N2O6S-2. The van der Waals surface area contributed by atoms with E-state index < -0.39 is 24.1 Å². The predicted octanol–water partition coefficient (Wildman–Crippen LogP) is -0.553. The van der Waals surface area contributed by atoms with Crippen LogP contribution in [0.2, 0.25) is 0 Å². The number of carboxylic acid groups (broad SMARTS) is 2. The molecule has 8 nitrogen and oxygen atoms in total. The number of anilines is 2. The maximum absolute atomic E-state index is 9.63. The van der Waals surface area contributed by atoms with Crippen molar-refractivity contribution in [2.75, 3.05) is 25.5 Å². The van der Waals surface area contributed by atoms with Gasteiger partial charge in [0.25, 0.3) is 0 Å². The molecule has 0 fully saturated rings. The van der Waals surface area contributed by atoms with Crippen LogP contribution in [-0.2, 0) is 9.59 Å². The molecule has 0 aliphatic carbocycles. The van der Waals surface area contributed by atoms with E-state index in [1.54, 1.807) is 0 Å². The number of rotatable bonds is 6. The number of carbonyl (C=O) groups is 2. The number of carboxylic acids is 2. The summed E-state index contributed by atoms with van der Waals surface area (Å²) in [6.07, 6.45) is -4.88. The van der Waals surface area contributed by atoms with Gasteiger partial charge < -0.3 is 39.8 Å². The molecule has 30 heavy (non-hydrogen) atoms. The monoisotopic (exact) mass is 432 g/mol. The van der Waals surface area contributed by atoms with E-state index in [2.05, 4.69) is 79.3 Å². The molecule has 0 spiro atoms. The highest BCUT2D eigenvalue weighted by atomic mass is 32.2. The van der Waals surface area contributed by atoms with E-state index >= 15 is 0 Å². The highest BCUT2D eigenvalue weighted by Crippen LogP contribution is 2.47. The Labute approximate surface area is 179 Å². The predicted molar refractivity (Wildman–Crippen MR) is 109 cm³/mol. The van der Waals surface area contributed by atoms with Crippen LogP contribution in [-0.4, -0.2) is 65.9 Å². The Kier molecular flexibility index (Phi) is 8.24. The van der Waals surface area contributed by atoms with Crippen molar-refractivity contribution in [3.05, 3.63) is 48.5 Å². The Morgan fingerprint density at radius 2 is 1.33 bits per heavy atom. The Bertz CT molecular complexity index is 828. The van der Waals surface area contributed by atoms with Crippen LogP contribution in [0.3, 0.4) is 0 Å². The lowest BCUT2D eigenvalue weighted by Crippen LogP contribution is -2.51. The normalized spacial score (nSPS) is 15.2. The standard InChI is InChI=1S/C17H20N2S.C4H6O6/c1-13(18(2)3)12-19-14-8-4-6-10-16(14)20-17-11-7-5-9-15(17)19;5-1(3(7)8)2(6)4(9)10/h4-11,13H,12H2,1-3H3;1-2,5-6H,(H,7,8)(H,9,10)/p-2/t;1-,2-/m.0/s1. The first-order valence-corrected chi connectivity index (χ1v) is 10.0. The number of para-hydroxylation sites is 2. The first-order chi connectivity index (χ1) is 14.1. The zero-order chi connectivity index (χ0) is 22.4. The lowest BCUT2D eigenvalue weighted by atomic mass is 10.2. The van der Waals surface area contributed by atoms with Gasteiger partial charge in [0.2, 0.25) is 0 Å². The zero-order valence-electron chi connectivity index (χ0n) is 16.9. The van der Waals surface area contributed by atoms with Crippen molar-refractivity contribution in [1.82, 2.24) is 4.90 Å². The molecule has 3 rings (SSSR count). The van der Waals surface area contributed by atoms with Gasteiger partial charge in [0.05, 0.1) is 23.3 Å². The summed E-state index contributed by atoms with van der Waals surface area (Å²) < 4.78 is 0. The van der Waals surface area contributed by atoms with Crippen LogP contribution in [0.1, 0.15) is 6.92 Å². The quantitative estimate of drug-likeness (QED) is 0.618. The SMILES string of the molecule is CC(CN1c2ccccc2Sc2ccccc21)N(C)C.O=C([O-])[C@@H](O)[C@H](O)C(=O)[O-]. The number of likely N-dealkylation sites (N-methyl/N-ethyl adjacent to an activating group) is 1. The second-order valence-electron chi connectivity index (χ2n) is 6.99. The minimum Gasteiger partial charge on any atom is -0.547 e. The maximum atomic E-state index is 9.63. The molecule has 0 aromatic heterocycles. The van der Waals surface area contributed by atoms with Crippen LogP contribution in [0.5, 0.6) is 0 Å². The van der Waals surface area contributed by atoms with Crippen molar-refractivity contribution in [3.63, 3.8) is 0 Å². The second-order valence-corrected chi connectivity index (χ2v) is 8.07. The van der Waals surface area contributed by atoms with Gasteiger partial charge >= 0.3 is 0 Å². The number of carbonyl (C=O) groups excluding carboxylic acids is 2. The summed E-state index contributed by atoms with van der Waals surface area (Å²) in [7, 11) is 4.28. The van der Waals surface area contributed by atoms with Gasteiger partial charge in [0.15, 0.2) is 0 Å². The van der Waals surface area contributed by atoms with E-state index in [0.717, 1.165) is 6.54 Å². The highest BCUT2D eigenvalue weighted by Gasteiger charge is 2.24. The van der Waals surface area contributed by atoms with Crippen molar-refractivity contribution in [2.45, 2.75) is 35.0 Å². The summed E-state index contributed by atoms with van der Waals surface area (Å²) in [5.41, 5.74) is 2.65. The van der Waals surface area contributed by atoms with Gasteiger partial charge in [-0.25, -0.2) is 0 Å². The average molecular weight is 432 g/mol. The van der Waals surface area contributed by atoms with E-state index in [-0.39, 0.29) is 0 Å². The molecule has 162 valence electrons. The number of nitrogens with zero attached hydrogens (tertiary/aromatic N) is 2. The molecule has 0 bridgehead atoms. The Hall–Kier alpha value is -2.59. The van der Waals surface area contributed by atoms with Crippen LogP contribution < -0.4 is 15.1 Å². The van der Waals surface area contributed by atoms with Crippen molar-refractivity contribution in [1.29, 1.82) is 0 Å². The fraction of sp³-hybridized carbons (Fsp3) is 0.333. The summed E-state index contributed by atoms with van der Waals surface area (Å²) in [5.74, 6) is -4.12. The molecule has 3 atom stereocenters. The molecule has 2 aromatic rings. The average Bonchev–Trinajstić information content (AvgIpc) is 2.72. The third kappa shape index (κ3) is 5.73. The molecule has 1 unspecified atom stereocenters. The number of benzene rings is 2. The lowest BCUT2D eigenvalue weighted by Gasteiger charge is -2.36. The van der Waals surface area contributed by atoms with Crippen LogP contribution >= 0.6 is 11.8 Å². The molecule has 2 aromatic carbocycles. The van der Waals surface area contributed by atoms with Crippen LogP contribution in [0.15, 0.2) is 58.3 Å². The molecule has 2 N–H and O–H groups in total. The van der Waals surface area contributed by atoms with Gasteiger partial charge in [-0.1, -0.05) is 36.0 Å². The largest absolute Gasteiger partial charge is 0.547 e. The van der Waals surface area contributed by atoms with E-state index in [1.165, 1.54) is 21.2 Å². The van der Waals surface area contributed by atoms with Crippen LogP contribution in [0.4, 0.5) is 11.4 Å². The molecule has 0 amide bonds. The smallest absolute Gasteiger partial charge is 0.124 e. The van der Waals surface area contributed by atoms with Crippen molar-refractivity contribution in [3.8, 4) is 0 Å². The Balaban J connectivity index is 0.000000274. The first kappa shape index (κ1) is 23.7. The van der Waals surface area contributed by atoms with Gasteiger partial charge in [0, 0.05) is 22.4 Å². The Morgan fingerprint density at radius 1 is 0.933 bits per heavy atom. The summed E-state index contributed by atoms with van der Waals surface area (Å²) in [6, 6.07) is 17.9. The second kappa shape index (κ2) is 10.4. The molecular weight excluding hydrogens is 408 g/mol. The minimum atomic E-state index is -2.44. The fourth-order valence-electron chi connectivity index (χ4n) is 2.66. The lowest BCUT2D eigenvalue weighted by molar-refractivity contribution is -0.333. The van der Waals surface area contributed by atoms with Crippen molar-refractivity contribution >= 4 is 35.1 Å². The molecule has 0 saturated carbocycles. The summed E-state index contributed by atoms with van der Waals surface area (Å²) >= 11 is 1.87. The zero-order valence-corrected chi connectivity index (χ0v) is 17.7. The number of aliphatic hydroxyl groups is 2. The molecule has 1 aliphatic heterocycles. The summed E-state index contributed by atoms with van der Waals surface area (Å²) in [5, 5.41) is 35.7. The number of aliphatic carboxylic acids is 2. The molecule has 1 aliphatic rings. The topological polar surface area (TPSA) is 127 Å². The van der Waals surface area contributed by atoms with Crippen LogP contribution in [0.25, 0.3) is 0 Å². The van der Waals surface area contributed by atoms with E-state index in [1.807, 2.05) is 11.8 Å². The van der Waals surface area contributed by atoms with E-state index in [4.69, 9.17) is 10.2 Å². The van der Waals surface area contributed by atoms with E-state index in [9.17, 15) is 19.8 Å². The van der Waals surface area contributed by atoms with Crippen molar-refractivity contribution in [2.24, 2.45) is 0 Å². The molecule has 1 heterocycles. The maximum Gasteiger partial charge on any atom is 0.124 e. The third-order valence-electron chi connectivity index (χ3n) is 4.64. The van der Waals surface area contributed by atoms with Gasteiger partial charge in [-0.15, -0.1) is 0 Å². The van der Waals surface area contributed by atoms with Gasteiger partial charge in [-0.3, -0.25) is 0 Å².